The highest BCUT2D eigenvalue weighted by molar-refractivity contribution is 5.71. The molecule has 0 N–H and O–H groups in total. The molecule has 0 aromatic carbocycles. The predicted molar refractivity (Wildman–Crippen MR) is 270 cm³/mol. The molecular weight excluding hydrogens is 781 g/mol. The summed E-state index contributed by atoms with van der Waals surface area (Å²) in [7, 11) is 0. The molecular formula is C57H106O6. The minimum Gasteiger partial charge on any atom is -0.462 e. The maximum Gasteiger partial charge on any atom is 0.306 e. The van der Waals surface area contributed by atoms with Crippen LogP contribution >= 0.6 is 0 Å². The van der Waals surface area contributed by atoms with Gasteiger partial charge >= 0.3 is 17.9 Å². The summed E-state index contributed by atoms with van der Waals surface area (Å²) in [6, 6.07) is 0. The van der Waals surface area contributed by atoms with Gasteiger partial charge in [-0.1, -0.05) is 263 Å². The molecule has 0 aliphatic carbocycles. The molecule has 0 aliphatic heterocycles. The Morgan fingerprint density at radius 2 is 0.587 bits per heavy atom. The lowest BCUT2D eigenvalue weighted by molar-refractivity contribution is -0.167. The van der Waals surface area contributed by atoms with Gasteiger partial charge in [0.05, 0.1) is 0 Å². The van der Waals surface area contributed by atoms with E-state index in [1.807, 2.05) is 0 Å². The predicted octanol–water partition coefficient (Wildman–Crippen LogP) is 18.3. The second-order valence-corrected chi connectivity index (χ2v) is 18.9. The minimum absolute atomic E-state index is 0.0727. The van der Waals surface area contributed by atoms with E-state index < -0.39 is 6.10 Å². The molecule has 0 aliphatic rings. The molecule has 0 rings (SSSR count). The summed E-state index contributed by atoms with van der Waals surface area (Å²) in [5, 5.41) is 0. The van der Waals surface area contributed by atoms with E-state index in [2.05, 4.69) is 45.1 Å². The molecule has 63 heavy (non-hydrogen) atoms. The summed E-state index contributed by atoms with van der Waals surface area (Å²) >= 11 is 0. The van der Waals surface area contributed by atoms with E-state index in [0.29, 0.717) is 19.3 Å². The third kappa shape index (κ3) is 50.7. The molecule has 1 atom stereocenters. The van der Waals surface area contributed by atoms with E-state index in [-0.39, 0.29) is 31.1 Å². The molecule has 0 bridgehead atoms. The van der Waals surface area contributed by atoms with Crippen molar-refractivity contribution >= 4 is 17.9 Å². The Bertz CT molecular complexity index is 1020. The van der Waals surface area contributed by atoms with E-state index >= 15 is 0 Å². The van der Waals surface area contributed by atoms with Crippen molar-refractivity contribution in [3.63, 3.8) is 0 Å². The number of unbranched alkanes of at least 4 members (excludes halogenated alkanes) is 36. The van der Waals surface area contributed by atoms with Gasteiger partial charge in [-0.25, -0.2) is 0 Å². The summed E-state index contributed by atoms with van der Waals surface area (Å²) in [6.07, 6.45) is 60.6. The Kier molecular flexibility index (Phi) is 50.8. The summed E-state index contributed by atoms with van der Waals surface area (Å²) < 4.78 is 16.7. The highest BCUT2D eigenvalue weighted by Gasteiger charge is 2.19. The first-order valence-electron chi connectivity index (χ1n) is 27.8. The first kappa shape index (κ1) is 60.9. The van der Waals surface area contributed by atoms with Crippen molar-refractivity contribution in [3.8, 4) is 0 Å². The van der Waals surface area contributed by atoms with Gasteiger partial charge in [0.25, 0.3) is 0 Å². The largest absolute Gasteiger partial charge is 0.462 e. The smallest absolute Gasteiger partial charge is 0.306 e. The van der Waals surface area contributed by atoms with E-state index in [1.54, 1.807) is 0 Å². The van der Waals surface area contributed by atoms with Crippen molar-refractivity contribution < 1.29 is 28.6 Å². The molecule has 0 heterocycles. The van der Waals surface area contributed by atoms with Crippen molar-refractivity contribution in [2.75, 3.05) is 13.2 Å². The van der Waals surface area contributed by atoms with E-state index in [0.717, 1.165) is 83.5 Å². The third-order valence-electron chi connectivity index (χ3n) is 12.5. The van der Waals surface area contributed by atoms with Crippen molar-refractivity contribution in [3.05, 3.63) is 24.3 Å². The number of hydrogen-bond donors (Lipinski definition) is 0. The van der Waals surface area contributed by atoms with Crippen LogP contribution in [-0.2, 0) is 28.6 Å². The molecule has 0 amide bonds. The summed E-state index contributed by atoms with van der Waals surface area (Å²) in [6.45, 7) is 6.58. The van der Waals surface area contributed by atoms with Gasteiger partial charge in [0, 0.05) is 19.3 Å². The molecule has 0 spiro atoms. The van der Waals surface area contributed by atoms with Gasteiger partial charge in [0.2, 0.25) is 0 Å². The fraction of sp³-hybridized carbons (Fsp3) is 0.877. The van der Waals surface area contributed by atoms with Gasteiger partial charge in [-0.15, -0.1) is 0 Å². The average Bonchev–Trinajstić information content (AvgIpc) is 3.28. The standard InChI is InChI=1S/C57H106O6/c1-4-7-10-13-16-18-20-22-24-25-26-27-28-29-30-31-32-33-35-36-38-41-44-47-50-56(59)62-53-54(52-61-55(58)49-46-43-40-15-12-9-6-3)63-57(60)51-48-45-42-39-37-34-23-21-19-17-14-11-8-5-2/h14,17,21,23,54H,4-13,15-16,18-20,22,24-53H2,1-3H3/b17-14-,23-21-. The molecule has 0 saturated heterocycles. The molecule has 0 aromatic rings. The number of esters is 3. The fourth-order valence-electron chi connectivity index (χ4n) is 8.23. The molecule has 0 aromatic heterocycles. The van der Waals surface area contributed by atoms with E-state index in [4.69, 9.17) is 14.2 Å². The van der Waals surface area contributed by atoms with Crippen LogP contribution in [0.4, 0.5) is 0 Å². The molecule has 0 fully saturated rings. The molecule has 0 radical (unpaired) electrons. The molecule has 0 saturated carbocycles. The number of rotatable bonds is 51. The summed E-state index contributed by atoms with van der Waals surface area (Å²) in [5.41, 5.74) is 0. The van der Waals surface area contributed by atoms with Crippen LogP contribution in [0.1, 0.15) is 303 Å². The zero-order valence-electron chi connectivity index (χ0n) is 42.4. The van der Waals surface area contributed by atoms with Crippen molar-refractivity contribution in [2.45, 2.75) is 309 Å². The number of ether oxygens (including phenoxy) is 3. The molecule has 370 valence electrons. The van der Waals surface area contributed by atoms with Crippen molar-refractivity contribution in [2.24, 2.45) is 0 Å². The highest BCUT2D eigenvalue weighted by atomic mass is 16.6. The van der Waals surface area contributed by atoms with Crippen LogP contribution in [0.5, 0.6) is 0 Å². The second-order valence-electron chi connectivity index (χ2n) is 18.9. The third-order valence-corrected chi connectivity index (χ3v) is 12.5. The van der Waals surface area contributed by atoms with Gasteiger partial charge in [-0.05, 0) is 44.9 Å². The Hall–Kier alpha value is -2.11. The summed E-state index contributed by atoms with van der Waals surface area (Å²) in [4.78, 5) is 37.8. The van der Waals surface area contributed by atoms with Gasteiger partial charge < -0.3 is 14.2 Å². The maximum absolute atomic E-state index is 12.8. The normalized spacial score (nSPS) is 12.1. The van der Waals surface area contributed by atoms with Crippen LogP contribution in [0.3, 0.4) is 0 Å². The van der Waals surface area contributed by atoms with Gasteiger partial charge in [-0.3, -0.25) is 14.4 Å². The first-order valence-corrected chi connectivity index (χ1v) is 27.8. The minimum atomic E-state index is -0.771. The van der Waals surface area contributed by atoms with Gasteiger partial charge in [0.15, 0.2) is 6.10 Å². The van der Waals surface area contributed by atoms with Crippen LogP contribution in [0.25, 0.3) is 0 Å². The van der Waals surface area contributed by atoms with Crippen molar-refractivity contribution in [1.29, 1.82) is 0 Å². The van der Waals surface area contributed by atoms with Crippen LogP contribution in [0.2, 0.25) is 0 Å². The van der Waals surface area contributed by atoms with Gasteiger partial charge in [0.1, 0.15) is 13.2 Å². The van der Waals surface area contributed by atoms with E-state index in [9.17, 15) is 14.4 Å². The lowest BCUT2D eigenvalue weighted by atomic mass is 10.0. The Morgan fingerprint density at radius 3 is 0.921 bits per heavy atom. The van der Waals surface area contributed by atoms with Crippen LogP contribution in [-0.4, -0.2) is 37.2 Å². The van der Waals surface area contributed by atoms with E-state index in [1.165, 1.54) is 180 Å². The monoisotopic (exact) mass is 887 g/mol. The number of carbonyl (C=O) groups excluding carboxylic acids is 3. The van der Waals surface area contributed by atoms with Crippen LogP contribution < -0.4 is 0 Å². The maximum atomic E-state index is 12.8. The molecule has 6 heteroatoms. The SMILES string of the molecule is CCCC/C=C\C/C=C\CCCCCCCC(=O)OC(COC(=O)CCCCCCCCC)COC(=O)CCCCCCCCCCCCCCCCCCCCCCCCCC. The highest BCUT2D eigenvalue weighted by Crippen LogP contribution is 2.17. The zero-order valence-corrected chi connectivity index (χ0v) is 42.4. The van der Waals surface area contributed by atoms with Crippen LogP contribution in [0.15, 0.2) is 24.3 Å². The Labute approximate surface area is 392 Å². The second kappa shape index (κ2) is 52.5. The number of hydrogen-bond acceptors (Lipinski definition) is 6. The molecule has 1 unspecified atom stereocenters. The quantitative estimate of drug-likeness (QED) is 0.0262. The Balaban J connectivity index is 4.10. The lowest BCUT2D eigenvalue weighted by Gasteiger charge is -2.18. The van der Waals surface area contributed by atoms with Crippen molar-refractivity contribution in [1.82, 2.24) is 0 Å². The van der Waals surface area contributed by atoms with Crippen LogP contribution in [0, 0.1) is 0 Å². The lowest BCUT2D eigenvalue weighted by Crippen LogP contribution is -2.30. The number of carbonyl (C=O) groups is 3. The summed E-state index contributed by atoms with van der Waals surface area (Å²) in [5.74, 6) is -0.879. The topological polar surface area (TPSA) is 78.9 Å². The van der Waals surface area contributed by atoms with Gasteiger partial charge in [-0.2, -0.15) is 0 Å². The molecule has 6 nitrogen and oxygen atoms in total. The Morgan fingerprint density at radius 1 is 0.317 bits per heavy atom. The fourth-order valence-corrected chi connectivity index (χ4v) is 8.23. The average molecular weight is 887 g/mol. The number of allylic oxidation sites excluding steroid dienone is 4. The first-order chi connectivity index (χ1) is 31.0. The zero-order chi connectivity index (χ0) is 45.8.